The molecule has 144 valence electrons. The highest BCUT2D eigenvalue weighted by Crippen LogP contribution is 2.14. The lowest BCUT2D eigenvalue weighted by molar-refractivity contribution is -0.116. The second kappa shape index (κ2) is 7.51. The predicted octanol–water partition coefficient (Wildman–Crippen LogP) is 2.00. The predicted molar refractivity (Wildman–Crippen MR) is 108 cm³/mol. The second-order valence-electron chi connectivity index (χ2n) is 6.49. The lowest BCUT2D eigenvalue weighted by Gasteiger charge is -2.10. The fourth-order valence-corrected chi connectivity index (χ4v) is 3.04. The molecule has 0 saturated heterocycles. The van der Waals surface area contributed by atoms with Crippen molar-refractivity contribution in [1.82, 2.24) is 19.1 Å². The first-order chi connectivity index (χ1) is 14.0. The van der Waals surface area contributed by atoms with Gasteiger partial charge in [-0.3, -0.25) is 19.0 Å². The Bertz CT molecular complexity index is 1270. The maximum Gasteiger partial charge on any atom is 0.269 e. The van der Waals surface area contributed by atoms with Crippen molar-refractivity contribution >= 4 is 28.4 Å². The van der Waals surface area contributed by atoms with E-state index in [9.17, 15) is 14.4 Å². The smallest absolute Gasteiger partial charge is 0.269 e. The molecule has 0 aliphatic rings. The zero-order valence-corrected chi connectivity index (χ0v) is 15.6. The fraction of sp³-hybridized carbons (Fsp3) is 0.0952. The minimum Gasteiger partial charge on any atom is -0.331 e. The van der Waals surface area contributed by atoms with Crippen LogP contribution in [-0.2, 0) is 18.4 Å². The molecule has 4 rings (SSSR count). The van der Waals surface area contributed by atoms with Gasteiger partial charge in [0.25, 0.3) is 5.56 Å². The van der Waals surface area contributed by atoms with Crippen LogP contribution in [0, 0.1) is 0 Å². The third kappa shape index (κ3) is 3.68. The first-order valence-electron chi connectivity index (χ1n) is 8.89. The number of rotatable bonds is 5. The number of ketones is 1. The van der Waals surface area contributed by atoms with Gasteiger partial charge in [0, 0.05) is 30.7 Å². The van der Waals surface area contributed by atoms with Gasteiger partial charge < -0.3 is 9.88 Å². The highest BCUT2D eigenvalue weighted by atomic mass is 16.2. The number of fused-ring (bicyclic) bond motifs is 1. The van der Waals surface area contributed by atoms with E-state index in [1.165, 1.54) is 10.8 Å². The lowest BCUT2D eigenvalue weighted by atomic mass is 10.1. The van der Waals surface area contributed by atoms with Gasteiger partial charge in [-0.15, -0.1) is 0 Å². The Morgan fingerprint density at radius 1 is 1.03 bits per heavy atom. The Morgan fingerprint density at radius 2 is 1.79 bits per heavy atom. The van der Waals surface area contributed by atoms with Gasteiger partial charge in [0.05, 0.1) is 17.2 Å². The van der Waals surface area contributed by atoms with Gasteiger partial charge in [-0.2, -0.15) is 0 Å². The van der Waals surface area contributed by atoms with Gasteiger partial charge in [0.15, 0.2) is 5.82 Å². The number of hydrogen-bond acceptors (Lipinski definition) is 5. The van der Waals surface area contributed by atoms with Crippen LogP contribution in [0.3, 0.4) is 0 Å². The molecule has 1 N–H and O–H groups in total. The molecule has 2 heterocycles. The van der Waals surface area contributed by atoms with Crippen LogP contribution in [0.2, 0.25) is 0 Å². The van der Waals surface area contributed by atoms with E-state index in [2.05, 4.69) is 15.3 Å². The maximum atomic E-state index is 12.5. The van der Waals surface area contributed by atoms with Gasteiger partial charge in [-0.25, -0.2) is 9.97 Å². The van der Waals surface area contributed by atoms with Crippen LogP contribution in [0.4, 0.5) is 5.69 Å². The summed E-state index contributed by atoms with van der Waals surface area (Å²) in [5, 5.41) is 2.74. The van der Waals surface area contributed by atoms with E-state index in [0.717, 1.165) is 0 Å². The van der Waals surface area contributed by atoms with E-state index in [-0.39, 0.29) is 23.8 Å². The topological polar surface area (TPSA) is 98.9 Å². The zero-order chi connectivity index (χ0) is 20.4. The van der Waals surface area contributed by atoms with E-state index in [1.54, 1.807) is 66.5 Å². The zero-order valence-electron chi connectivity index (χ0n) is 15.6. The standard InChI is InChI=1S/C21H17N5O3/c1-25-11-10-22-21(25)20(29)14-6-8-15(9-7-14)24-18(27)13-26-17-5-3-2-4-16(17)23-12-19(26)28/h2-12H,13H2,1H3,(H,24,27). The Morgan fingerprint density at radius 3 is 2.52 bits per heavy atom. The minimum absolute atomic E-state index is 0.143. The van der Waals surface area contributed by atoms with Crippen molar-refractivity contribution in [2.45, 2.75) is 6.54 Å². The number of benzene rings is 2. The third-order valence-corrected chi connectivity index (χ3v) is 4.51. The normalized spacial score (nSPS) is 10.8. The van der Waals surface area contributed by atoms with Crippen LogP contribution < -0.4 is 10.9 Å². The van der Waals surface area contributed by atoms with Crippen LogP contribution >= 0.6 is 0 Å². The van der Waals surface area contributed by atoms with Crippen molar-refractivity contribution < 1.29 is 9.59 Å². The average molecular weight is 387 g/mol. The Labute approximate surface area is 165 Å². The highest BCUT2D eigenvalue weighted by molar-refractivity contribution is 6.07. The number of hydrogen-bond donors (Lipinski definition) is 1. The van der Waals surface area contributed by atoms with Crippen molar-refractivity contribution in [2.24, 2.45) is 7.05 Å². The molecule has 0 fully saturated rings. The number of aromatic nitrogens is 4. The van der Waals surface area contributed by atoms with Gasteiger partial charge in [-0.05, 0) is 36.4 Å². The summed E-state index contributed by atoms with van der Waals surface area (Å²) in [5.41, 5.74) is 1.87. The molecule has 0 aliphatic heterocycles. The van der Waals surface area contributed by atoms with Crippen LogP contribution in [0.25, 0.3) is 11.0 Å². The molecule has 4 aromatic rings. The fourth-order valence-electron chi connectivity index (χ4n) is 3.04. The molecule has 29 heavy (non-hydrogen) atoms. The van der Waals surface area contributed by atoms with E-state index < -0.39 is 0 Å². The van der Waals surface area contributed by atoms with Gasteiger partial charge in [0.2, 0.25) is 11.7 Å². The molecule has 0 unspecified atom stereocenters. The summed E-state index contributed by atoms with van der Waals surface area (Å²) in [7, 11) is 1.75. The van der Waals surface area contributed by atoms with Crippen LogP contribution in [0.1, 0.15) is 16.2 Å². The third-order valence-electron chi connectivity index (χ3n) is 4.51. The molecule has 0 saturated carbocycles. The van der Waals surface area contributed by atoms with Crippen molar-refractivity contribution in [3.05, 3.63) is 88.9 Å². The van der Waals surface area contributed by atoms with Crippen LogP contribution in [0.5, 0.6) is 0 Å². The minimum atomic E-state index is -0.355. The van der Waals surface area contributed by atoms with Crippen molar-refractivity contribution in [1.29, 1.82) is 0 Å². The quantitative estimate of drug-likeness (QED) is 0.528. The van der Waals surface area contributed by atoms with Gasteiger partial charge in [-0.1, -0.05) is 12.1 Å². The summed E-state index contributed by atoms with van der Waals surface area (Å²) < 4.78 is 3.02. The first kappa shape index (κ1) is 18.3. The summed E-state index contributed by atoms with van der Waals surface area (Å²) >= 11 is 0. The maximum absolute atomic E-state index is 12.5. The highest BCUT2D eigenvalue weighted by Gasteiger charge is 2.14. The van der Waals surface area contributed by atoms with Crippen molar-refractivity contribution in [3.63, 3.8) is 0 Å². The summed E-state index contributed by atoms with van der Waals surface area (Å²) in [6, 6.07) is 13.7. The molecule has 8 heteroatoms. The summed E-state index contributed by atoms with van der Waals surface area (Å²) in [6.07, 6.45) is 4.47. The number of nitrogens with zero attached hydrogens (tertiary/aromatic N) is 4. The van der Waals surface area contributed by atoms with Gasteiger partial charge in [0.1, 0.15) is 6.54 Å². The summed E-state index contributed by atoms with van der Waals surface area (Å²) in [5.74, 6) is -0.220. The number of anilines is 1. The molecule has 0 aliphatic carbocycles. The van der Waals surface area contributed by atoms with Crippen molar-refractivity contribution in [2.75, 3.05) is 5.32 Å². The van der Waals surface area contributed by atoms with E-state index in [0.29, 0.717) is 28.1 Å². The van der Waals surface area contributed by atoms with Crippen molar-refractivity contribution in [3.8, 4) is 0 Å². The molecule has 0 atom stereocenters. The second-order valence-corrected chi connectivity index (χ2v) is 6.49. The van der Waals surface area contributed by atoms with E-state index >= 15 is 0 Å². The van der Waals surface area contributed by atoms with Crippen LogP contribution in [-0.4, -0.2) is 30.8 Å². The Balaban J connectivity index is 1.50. The average Bonchev–Trinajstić information content (AvgIpc) is 3.16. The number of amides is 1. The number of imidazole rings is 1. The van der Waals surface area contributed by atoms with Crippen LogP contribution in [0.15, 0.2) is 71.9 Å². The SMILES string of the molecule is Cn1ccnc1C(=O)c1ccc(NC(=O)Cn2c(=O)cnc3ccccc32)cc1. The number of carbonyl (C=O) groups is 2. The van der Waals surface area contributed by atoms with Gasteiger partial charge >= 0.3 is 0 Å². The Kier molecular flexibility index (Phi) is 4.74. The molecule has 8 nitrogen and oxygen atoms in total. The largest absolute Gasteiger partial charge is 0.331 e. The summed E-state index contributed by atoms with van der Waals surface area (Å²) in [6.45, 7) is -0.143. The number of aryl methyl sites for hydroxylation is 1. The Hall–Kier alpha value is -4.07. The number of nitrogens with one attached hydrogen (secondary N) is 1. The molecule has 0 spiro atoms. The molecule has 2 aromatic carbocycles. The molecular formula is C21H17N5O3. The van der Waals surface area contributed by atoms with E-state index in [4.69, 9.17) is 0 Å². The molecular weight excluding hydrogens is 370 g/mol. The molecule has 2 aromatic heterocycles. The van der Waals surface area contributed by atoms with E-state index in [1.807, 2.05) is 6.07 Å². The molecule has 0 bridgehead atoms. The number of para-hydroxylation sites is 2. The molecule has 0 radical (unpaired) electrons. The lowest BCUT2D eigenvalue weighted by Crippen LogP contribution is -2.28. The first-order valence-corrected chi connectivity index (χ1v) is 8.89. The monoisotopic (exact) mass is 387 g/mol. The number of carbonyl (C=O) groups excluding carboxylic acids is 2. The summed E-state index contributed by atoms with van der Waals surface area (Å²) in [4.78, 5) is 45.2. The molecule has 1 amide bonds.